The van der Waals surface area contributed by atoms with Gasteiger partial charge in [-0.2, -0.15) is 0 Å². The zero-order valence-corrected chi connectivity index (χ0v) is 24.9. The van der Waals surface area contributed by atoms with E-state index in [2.05, 4.69) is 56.8 Å². The zero-order chi connectivity index (χ0) is 30.7. The van der Waals surface area contributed by atoms with Crippen molar-refractivity contribution in [2.24, 2.45) is 0 Å². The van der Waals surface area contributed by atoms with E-state index in [0.717, 1.165) is 61.7 Å². The van der Waals surface area contributed by atoms with Crippen molar-refractivity contribution in [2.45, 2.75) is 26.9 Å². The molecule has 0 atom stereocenters. The molecule has 6 aromatic rings. The normalized spacial score (nSPS) is 13.6. The fraction of sp³-hybridized carbons (Fsp3) is 0.200. The second-order valence-electron chi connectivity index (χ2n) is 11.3. The van der Waals surface area contributed by atoms with E-state index in [-0.39, 0.29) is 0 Å². The minimum Gasteiger partial charge on any atom is -0.450 e. The number of pyridine rings is 2. The molecule has 0 saturated carbocycles. The number of nitrogens with zero attached hydrogens (tertiary/aromatic N) is 4. The second kappa shape index (κ2) is 10.5. The average Bonchev–Trinajstić information content (AvgIpc) is 3.03. The van der Waals surface area contributed by atoms with Gasteiger partial charge in [-0.1, -0.05) is 24.3 Å². The fourth-order valence-corrected chi connectivity index (χ4v) is 6.53. The molecule has 4 aromatic carbocycles. The number of amides is 2. The molecule has 8 rings (SSSR count). The minimum atomic E-state index is -0.481. The average molecular weight is 599 g/mol. The maximum atomic E-state index is 12.0. The van der Waals surface area contributed by atoms with E-state index in [1.165, 1.54) is 11.1 Å². The van der Waals surface area contributed by atoms with Gasteiger partial charge in [-0.25, -0.2) is 19.6 Å². The summed E-state index contributed by atoms with van der Waals surface area (Å²) >= 11 is 0. The molecule has 0 fully saturated rings. The lowest BCUT2D eigenvalue weighted by molar-refractivity contribution is 0.167. The number of aromatic nitrogens is 2. The molecule has 0 radical (unpaired) electrons. The van der Waals surface area contributed by atoms with Crippen LogP contribution in [0.4, 0.5) is 32.3 Å². The smallest absolute Gasteiger partial charge is 0.411 e. The number of fused-ring (bicyclic) bond motifs is 12. The Balaban J connectivity index is 1.18. The number of anilines is 4. The highest BCUT2D eigenvalue weighted by Crippen LogP contribution is 2.43. The quantitative estimate of drug-likeness (QED) is 0.201. The van der Waals surface area contributed by atoms with Gasteiger partial charge >= 0.3 is 12.2 Å². The molecule has 10 heteroatoms. The summed E-state index contributed by atoms with van der Waals surface area (Å²) in [5.41, 5.74) is 9.50. The molecule has 0 unspecified atom stereocenters. The molecule has 224 valence electrons. The molecular weight excluding hydrogens is 568 g/mol. The number of hydrogen-bond donors (Lipinski definition) is 2. The predicted octanol–water partition coefficient (Wildman–Crippen LogP) is 7.52. The Bertz CT molecular complexity index is 2040. The second-order valence-corrected chi connectivity index (χ2v) is 11.3. The lowest BCUT2D eigenvalue weighted by atomic mass is 9.96. The molecule has 2 aromatic heterocycles. The zero-order valence-electron chi connectivity index (χ0n) is 24.9. The van der Waals surface area contributed by atoms with Crippen LogP contribution in [0, 0.1) is 0 Å². The molecule has 0 aliphatic carbocycles. The first-order valence-corrected chi connectivity index (χ1v) is 15.1. The summed E-state index contributed by atoms with van der Waals surface area (Å²) in [7, 11) is 0. The molecule has 0 saturated heterocycles. The van der Waals surface area contributed by atoms with E-state index >= 15 is 0 Å². The Morgan fingerprint density at radius 3 is 1.53 bits per heavy atom. The van der Waals surface area contributed by atoms with Gasteiger partial charge in [0.15, 0.2) is 0 Å². The van der Waals surface area contributed by atoms with E-state index in [9.17, 15) is 9.59 Å². The van der Waals surface area contributed by atoms with Crippen molar-refractivity contribution in [3.05, 3.63) is 83.9 Å². The summed E-state index contributed by atoms with van der Waals surface area (Å²) in [6.45, 7) is 6.37. The van der Waals surface area contributed by atoms with Crippen molar-refractivity contribution in [3.63, 3.8) is 0 Å². The van der Waals surface area contributed by atoms with Crippen LogP contribution in [0.2, 0.25) is 0 Å². The van der Waals surface area contributed by atoms with Gasteiger partial charge in [-0.05, 0) is 62.4 Å². The first-order valence-electron chi connectivity index (χ1n) is 15.1. The van der Waals surface area contributed by atoms with Gasteiger partial charge in [0.2, 0.25) is 0 Å². The van der Waals surface area contributed by atoms with Crippen LogP contribution in [0.5, 0.6) is 0 Å². The molecule has 2 amide bonds. The first kappa shape index (κ1) is 26.9. The van der Waals surface area contributed by atoms with Crippen molar-refractivity contribution in [1.82, 2.24) is 9.97 Å². The van der Waals surface area contributed by atoms with E-state index < -0.39 is 12.2 Å². The molecular formula is C35H30N6O4. The molecule has 10 nitrogen and oxygen atoms in total. The third-order valence-corrected chi connectivity index (χ3v) is 8.49. The highest BCUT2D eigenvalue weighted by Gasteiger charge is 2.32. The first-order chi connectivity index (χ1) is 22.0. The van der Waals surface area contributed by atoms with Gasteiger partial charge in [0.05, 0.1) is 41.9 Å². The van der Waals surface area contributed by atoms with Gasteiger partial charge in [0.1, 0.15) is 0 Å². The number of nitrogens with one attached hydrogen (secondary N) is 2. The molecule has 2 bridgehead atoms. The van der Waals surface area contributed by atoms with Crippen LogP contribution in [0.1, 0.15) is 25.0 Å². The van der Waals surface area contributed by atoms with E-state index in [1.54, 1.807) is 13.8 Å². The summed E-state index contributed by atoms with van der Waals surface area (Å²) in [6, 6.07) is 24.4. The van der Waals surface area contributed by atoms with Crippen LogP contribution >= 0.6 is 0 Å². The monoisotopic (exact) mass is 598 g/mol. The van der Waals surface area contributed by atoms with Crippen LogP contribution < -0.4 is 20.4 Å². The Kier molecular flexibility index (Phi) is 6.30. The van der Waals surface area contributed by atoms with Crippen LogP contribution in [0.25, 0.3) is 43.6 Å². The van der Waals surface area contributed by atoms with Crippen LogP contribution in [-0.2, 0) is 22.6 Å². The van der Waals surface area contributed by atoms with E-state index in [4.69, 9.17) is 19.4 Å². The number of benzene rings is 4. The SMILES string of the molecule is CCOC(=O)Nc1ccc2cc3ccc4c(c3nc2c1)CN1CN4Cc2c1ccc1cc3ccc(NC(=O)OCC)cc3nc21. The summed E-state index contributed by atoms with van der Waals surface area (Å²) in [4.78, 5) is 39.0. The lowest BCUT2D eigenvalue weighted by Gasteiger charge is -2.45. The maximum absolute atomic E-state index is 12.0. The molecule has 2 N–H and O–H groups in total. The number of carbonyl (C=O) groups excluding carboxylic acids is 2. The molecule has 0 spiro atoms. The van der Waals surface area contributed by atoms with Crippen LogP contribution in [0.3, 0.4) is 0 Å². The number of ether oxygens (including phenoxy) is 2. The number of carbonyl (C=O) groups is 2. The van der Waals surface area contributed by atoms with E-state index in [1.807, 2.05) is 36.4 Å². The summed E-state index contributed by atoms with van der Waals surface area (Å²) in [6.07, 6.45) is -0.961. The Morgan fingerprint density at radius 2 is 1.09 bits per heavy atom. The number of hydrogen-bond acceptors (Lipinski definition) is 8. The van der Waals surface area contributed by atoms with Crippen molar-refractivity contribution in [3.8, 4) is 0 Å². The standard InChI is InChI=1S/C35H30N6O4/c1-3-44-34(42)36-24-9-5-20-13-22-7-11-30-26(32(22)38-28(20)15-24)17-40-19-41(30)18-27-31(40)12-8-23-14-21-6-10-25(37-35(43)45-4-2)16-29(21)39-33(23)27/h5-16H,3-4,17-19H2,1-2H3,(H,36,42)(H,37,43). The predicted molar refractivity (Wildman–Crippen MR) is 177 cm³/mol. The van der Waals surface area contributed by atoms with Gasteiger partial charge in [0, 0.05) is 68.5 Å². The third kappa shape index (κ3) is 4.66. The Morgan fingerprint density at radius 1 is 0.644 bits per heavy atom. The van der Waals surface area contributed by atoms with E-state index in [0.29, 0.717) is 37.7 Å². The topological polar surface area (TPSA) is 109 Å². The van der Waals surface area contributed by atoms with Crippen molar-refractivity contribution in [2.75, 3.05) is 40.3 Å². The molecule has 45 heavy (non-hydrogen) atoms. The van der Waals surface area contributed by atoms with Gasteiger partial charge in [-0.15, -0.1) is 0 Å². The maximum Gasteiger partial charge on any atom is 0.411 e. The summed E-state index contributed by atoms with van der Waals surface area (Å²) < 4.78 is 10.1. The lowest BCUT2D eigenvalue weighted by Crippen LogP contribution is -2.46. The summed E-state index contributed by atoms with van der Waals surface area (Å²) in [5.74, 6) is 0. The molecule has 4 heterocycles. The van der Waals surface area contributed by atoms with Crippen molar-refractivity contribution >= 4 is 78.5 Å². The largest absolute Gasteiger partial charge is 0.450 e. The third-order valence-electron chi connectivity index (χ3n) is 8.49. The van der Waals surface area contributed by atoms with Crippen LogP contribution in [-0.4, -0.2) is 42.0 Å². The van der Waals surface area contributed by atoms with Crippen molar-refractivity contribution in [1.29, 1.82) is 0 Å². The highest BCUT2D eigenvalue weighted by atomic mass is 16.6. The fourth-order valence-electron chi connectivity index (χ4n) is 6.53. The minimum absolute atomic E-state index is 0.308. The van der Waals surface area contributed by atoms with Crippen molar-refractivity contribution < 1.29 is 19.1 Å². The van der Waals surface area contributed by atoms with Gasteiger partial charge in [0.25, 0.3) is 0 Å². The van der Waals surface area contributed by atoms with Crippen LogP contribution in [0.15, 0.2) is 72.8 Å². The highest BCUT2D eigenvalue weighted by molar-refractivity contribution is 6.01. The Hall–Kier alpha value is -5.64. The van der Waals surface area contributed by atoms with Gasteiger partial charge in [-0.3, -0.25) is 10.6 Å². The van der Waals surface area contributed by atoms with Gasteiger partial charge < -0.3 is 19.3 Å². The summed E-state index contributed by atoms with van der Waals surface area (Å²) in [5, 5.41) is 9.73. The molecule has 2 aliphatic rings. The molecule has 2 aliphatic heterocycles. The Labute approximate surface area is 258 Å². The number of rotatable bonds is 4.